The molecule has 1 aliphatic rings. The van der Waals surface area contributed by atoms with Gasteiger partial charge in [0, 0.05) is 23.2 Å². The van der Waals surface area contributed by atoms with E-state index in [0.717, 1.165) is 12.2 Å². The molecule has 0 saturated carbocycles. The van der Waals surface area contributed by atoms with Gasteiger partial charge in [-0.2, -0.15) is 11.8 Å². The summed E-state index contributed by atoms with van der Waals surface area (Å²) >= 11 is 1.91. The predicted octanol–water partition coefficient (Wildman–Crippen LogP) is 2.27. The summed E-state index contributed by atoms with van der Waals surface area (Å²) in [6.45, 7) is 0. The molecule has 1 heterocycles. The van der Waals surface area contributed by atoms with Crippen LogP contribution in [0.5, 0.6) is 0 Å². The monoisotopic (exact) mass is 252 g/mol. The first-order valence-electron chi connectivity index (χ1n) is 5.64. The first-order chi connectivity index (χ1) is 8.16. The van der Waals surface area contributed by atoms with Gasteiger partial charge in [0.1, 0.15) is 0 Å². The smallest absolute Gasteiger partial charge is 0.337 e. The van der Waals surface area contributed by atoms with Crippen molar-refractivity contribution in [3.8, 4) is 0 Å². The van der Waals surface area contributed by atoms with Gasteiger partial charge >= 0.3 is 5.97 Å². The maximum Gasteiger partial charge on any atom is 0.337 e. The van der Waals surface area contributed by atoms with Crippen molar-refractivity contribution in [3.63, 3.8) is 0 Å². The fraction of sp³-hybridized carbons (Fsp3) is 0.417. The Balaban J connectivity index is 2.16. The molecule has 1 aromatic rings. The van der Waals surface area contributed by atoms with E-state index in [4.69, 9.17) is 10.8 Å². The van der Waals surface area contributed by atoms with Gasteiger partial charge in [-0.3, -0.25) is 0 Å². The number of benzene rings is 1. The molecule has 1 fully saturated rings. The topological polar surface area (TPSA) is 75.3 Å². The van der Waals surface area contributed by atoms with E-state index in [9.17, 15) is 4.79 Å². The van der Waals surface area contributed by atoms with Crippen molar-refractivity contribution in [2.45, 2.75) is 18.9 Å². The number of anilines is 2. The standard InChI is InChI=1S/C12H16N2O2S/c13-8-3-4-11(10(6-8)12(15)16)14-9-2-1-5-17-7-9/h3-4,6,9,14H,1-2,5,7,13H2,(H,15,16). The molecule has 5 heteroatoms. The first-order valence-corrected chi connectivity index (χ1v) is 6.79. The van der Waals surface area contributed by atoms with Gasteiger partial charge in [0.05, 0.1) is 5.56 Å². The minimum atomic E-state index is -0.941. The summed E-state index contributed by atoms with van der Waals surface area (Å²) in [7, 11) is 0. The van der Waals surface area contributed by atoms with Crippen LogP contribution in [0.15, 0.2) is 18.2 Å². The lowest BCUT2D eigenvalue weighted by molar-refractivity contribution is 0.0698. The maximum atomic E-state index is 11.1. The summed E-state index contributed by atoms with van der Waals surface area (Å²) in [6, 6.07) is 5.33. The maximum absolute atomic E-state index is 11.1. The molecule has 1 aliphatic heterocycles. The highest BCUT2D eigenvalue weighted by Crippen LogP contribution is 2.24. The van der Waals surface area contributed by atoms with Gasteiger partial charge < -0.3 is 16.2 Å². The van der Waals surface area contributed by atoms with Crippen LogP contribution in [0.1, 0.15) is 23.2 Å². The summed E-state index contributed by atoms with van der Waals surface area (Å²) in [4.78, 5) is 11.1. The number of rotatable bonds is 3. The van der Waals surface area contributed by atoms with Crippen LogP contribution in [0.25, 0.3) is 0 Å². The van der Waals surface area contributed by atoms with E-state index in [1.807, 2.05) is 11.8 Å². The van der Waals surface area contributed by atoms with Crippen LogP contribution in [0, 0.1) is 0 Å². The van der Waals surface area contributed by atoms with E-state index in [2.05, 4.69) is 5.32 Å². The molecule has 1 aromatic carbocycles. The van der Waals surface area contributed by atoms with E-state index in [-0.39, 0.29) is 5.56 Å². The lowest BCUT2D eigenvalue weighted by Gasteiger charge is -2.24. The Labute approximate surface area is 105 Å². The average Bonchev–Trinajstić information content (AvgIpc) is 2.32. The normalized spacial score (nSPS) is 19.9. The molecule has 4 nitrogen and oxygen atoms in total. The van der Waals surface area contributed by atoms with Gasteiger partial charge in [0.15, 0.2) is 0 Å². The average molecular weight is 252 g/mol. The molecule has 0 aliphatic carbocycles. The Morgan fingerprint density at radius 3 is 3.00 bits per heavy atom. The van der Waals surface area contributed by atoms with Crippen molar-refractivity contribution in [1.82, 2.24) is 0 Å². The first kappa shape index (κ1) is 12.1. The van der Waals surface area contributed by atoms with Crippen molar-refractivity contribution >= 4 is 29.1 Å². The highest BCUT2D eigenvalue weighted by Gasteiger charge is 2.17. The highest BCUT2D eigenvalue weighted by molar-refractivity contribution is 7.99. The van der Waals surface area contributed by atoms with Gasteiger partial charge in [-0.15, -0.1) is 0 Å². The fourth-order valence-electron chi connectivity index (χ4n) is 1.94. The number of carboxylic acid groups (broad SMARTS) is 1. The number of carboxylic acids is 1. The van der Waals surface area contributed by atoms with E-state index in [1.165, 1.54) is 18.2 Å². The van der Waals surface area contributed by atoms with E-state index in [1.54, 1.807) is 12.1 Å². The Morgan fingerprint density at radius 1 is 1.53 bits per heavy atom. The van der Waals surface area contributed by atoms with Crippen LogP contribution in [-0.2, 0) is 0 Å². The molecule has 0 aromatic heterocycles. The van der Waals surface area contributed by atoms with Gasteiger partial charge in [-0.1, -0.05) is 0 Å². The lowest BCUT2D eigenvalue weighted by atomic mass is 10.1. The van der Waals surface area contributed by atoms with Crippen molar-refractivity contribution in [2.75, 3.05) is 22.6 Å². The van der Waals surface area contributed by atoms with Crippen LogP contribution in [0.4, 0.5) is 11.4 Å². The number of carbonyl (C=O) groups is 1. The lowest BCUT2D eigenvalue weighted by Crippen LogP contribution is -2.26. The molecule has 0 bridgehead atoms. The molecule has 0 amide bonds. The third kappa shape index (κ3) is 3.06. The summed E-state index contributed by atoms with van der Waals surface area (Å²) in [5.41, 5.74) is 7.00. The predicted molar refractivity (Wildman–Crippen MR) is 71.8 cm³/mol. The van der Waals surface area contributed by atoms with Gasteiger partial charge in [0.2, 0.25) is 0 Å². The molecule has 92 valence electrons. The Hall–Kier alpha value is -1.36. The van der Waals surface area contributed by atoms with Gasteiger partial charge in [-0.25, -0.2) is 4.79 Å². The number of nitrogens with two attached hydrogens (primary N) is 1. The summed E-state index contributed by atoms with van der Waals surface area (Å²) in [5, 5.41) is 12.4. The zero-order chi connectivity index (χ0) is 12.3. The van der Waals surface area contributed by atoms with Crippen LogP contribution < -0.4 is 11.1 Å². The minimum absolute atomic E-state index is 0.251. The molecule has 0 spiro atoms. The summed E-state index contributed by atoms with van der Waals surface area (Å²) < 4.78 is 0. The molecule has 1 unspecified atom stereocenters. The molecule has 17 heavy (non-hydrogen) atoms. The van der Waals surface area contributed by atoms with Gasteiger partial charge in [-0.05, 0) is 36.8 Å². The molecular formula is C12H16N2O2S. The number of nitrogen functional groups attached to an aromatic ring is 1. The zero-order valence-electron chi connectivity index (χ0n) is 9.48. The number of hydrogen-bond acceptors (Lipinski definition) is 4. The number of nitrogens with one attached hydrogen (secondary N) is 1. The molecule has 2 rings (SSSR count). The Morgan fingerprint density at radius 2 is 2.35 bits per heavy atom. The van der Waals surface area contributed by atoms with E-state index in [0.29, 0.717) is 17.4 Å². The Kier molecular flexibility index (Phi) is 3.78. The number of thioether (sulfide) groups is 1. The SMILES string of the molecule is Nc1ccc(NC2CCCSC2)c(C(=O)O)c1. The molecule has 1 saturated heterocycles. The fourth-order valence-corrected chi connectivity index (χ4v) is 3.01. The van der Waals surface area contributed by atoms with Crippen molar-refractivity contribution in [1.29, 1.82) is 0 Å². The second-order valence-corrected chi connectivity index (χ2v) is 5.32. The van der Waals surface area contributed by atoms with Crippen molar-refractivity contribution < 1.29 is 9.90 Å². The zero-order valence-corrected chi connectivity index (χ0v) is 10.3. The number of hydrogen-bond donors (Lipinski definition) is 3. The Bertz CT molecular complexity index is 417. The summed E-state index contributed by atoms with van der Waals surface area (Å²) in [6.07, 6.45) is 2.27. The molecule has 4 N–H and O–H groups in total. The second kappa shape index (κ2) is 5.31. The highest BCUT2D eigenvalue weighted by atomic mass is 32.2. The van der Waals surface area contributed by atoms with E-state index >= 15 is 0 Å². The largest absolute Gasteiger partial charge is 0.478 e. The third-order valence-electron chi connectivity index (χ3n) is 2.79. The van der Waals surface area contributed by atoms with Crippen molar-refractivity contribution in [3.05, 3.63) is 23.8 Å². The van der Waals surface area contributed by atoms with Crippen LogP contribution in [0.3, 0.4) is 0 Å². The summed E-state index contributed by atoms with van der Waals surface area (Å²) in [5.74, 6) is 1.29. The second-order valence-electron chi connectivity index (χ2n) is 4.17. The number of aromatic carboxylic acids is 1. The van der Waals surface area contributed by atoms with E-state index < -0.39 is 5.97 Å². The van der Waals surface area contributed by atoms with Gasteiger partial charge in [0.25, 0.3) is 0 Å². The molecular weight excluding hydrogens is 236 g/mol. The van der Waals surface area contributed by atoms with Crippen molar-refractivity contribution in [2.24, 2.45) is 0 Å². The van der Waals surface area contributed by atoms with Crippen LogP contribution in [0.2, 0.25) is 0 Å². The van der Waals surface area contributed by atoms with Crippen LogP contribution >= 0.6 is 11.8 Å². The third-order valence-corrected chi connectivity index (χ3v) is 4.01. The molecule has 1 atom stereocenters. The molecule has 0 radical (unpaired) electrons. The van der Waals surface area contributed by atoms with Crippen LogP contribution in [-0.4, -0.2) is 28.6 Å². The minimum Gasteiger partial charge on any atom is -0.478 e. The quantitative estimate of drug-likeness (QED) is 0.719.